The SMILES string of the molecule is CCCCN1CCC=N1.CN.CN.CN. The van der Waals surface area contributed by atoms with Crippen molar-refractivity contribution >= 4 is 6.21 Å². The minimum absolute atomic E-state index is 1.14. The second-order valence-corrected chi connectivity index (χ2v) is 2.39. The van der Waals surface area contributed by atoms with Crippen LogP contribution in [0, 0.1) is 0 Å². The second kappa shape index (κ2) is 23.3. The fourth-order valence-electron chi connectivity index (χ4n) is 0.948. The van der Waals surface area contributed by atoms with Crippen LogP contribution in [-0.2, 0) is 0 Å². The highest BCUT2D eigenvalue weighted by Crippen LogP contribution is 2.01. The van der Waals surface area contributed by atoms with Crippen LogP contribution in [0.5, 0.6) is 0 Å². The first-order valence-electron chi connectivity index (χ1n) is 5.44. The van der Waals surface area contributed by atoms with Crippen LogP contribution in [0.1, 0.15) is 26.2 Å². The maximum atomic E-state index is 4.50. The molecule has 1 aliphatic rings. The van der Waals surface area contributed by atoms with E-state index >= 15 is 0 Å². The molecular weight excluding hydrogens is 190 g/mol. The van der Waals surface area contributed by atoms with E-state index in [4.69, 9.17) is 0 Å². The predicted octanol–water partition coefficient (Wildman–Crippen LogP) is 0.203. The van der Waals surface area contributed by atoms with Gasteiger partial charge in [-0.1, -0.05) is 13.3 Å². The molecule has 0 radical (unpaired) electrons. The lowest BCUT2D eigenvalue weighted by atomic mass is 10.3. The van der Waals surface area contributed by atoms with Gasteiger partial charge in [-0.25, -0.2) is 0 Å². The normalized spacial score (nSPS) is 11.5. The Morgan fingerprint density at radius 2 is 1.67 bits per heavy atom. The van der Waals surface area contributed by atoms with Crippen LogP contribution in [0.3, 0.4) is 0 Å². The first-order chi connectivity index (χ1) is 7.43. The molecule has 0 unspecified atom stereocenters. The van der Waals surface area contributed by atoms with E-state index < -0.39 is 0 Å². The van der Waals surface area contributed by atoms with Crippen LogP contribution in [0.25, 0.3) is 0 Å². The molecule has 0 aromatic heterocycles. The molecule has 0 fully saturated rings. The zero-order valence-corrected chi connectivity index (χ0v) is 10.7. The third kappa shape index (κ3) is 16.1. The van der Waals surface area contributed by atoms with E-state index in [1.807, 2.05) is 6.21 Å². The van der Waals surface area contributed by atoms with Gasteiger partial charge in [-0.05, 0) is 27.6 Å². The van der Waals surface area contributed by atoms with Gasteiger partial charge in [0.25, 0.3) is 0 Å². The number of rotatable bonds is 3. The average molecular weight is 219 g/mol. The standard InChI is InChI=1S/C7H14N2.3CH5N/c1-2-3-6-9-7-4-5-8-9;3*1-2/h5H,2-4,6-7H2,1H3;3*2H2,1H3. The van der Waals surface area contributed by atoms with E-state index in [0.29, 0.717) is 0 Å². The molecule has 0 aromatic carbocycles. The van der Waals surface area contributed by atoms with Crippen LogP contribution in [0.15, 0.2) is 5.10 Å². The lowest BCUT2D eigenvalue weighted by Gasteiger charge is -2.11. The highest BCUT2D eigenvalue weighted by atomic mass is 15.5. The molecule has 94 valence electrons. The maximum absolute atomic E-state index is 4.50. The van der Waals surface area contributed by atoms with Gasteiger partial charge in [0.1, 0.15) is 0 Å². The molecule has 0 aliphatic carbocycles. The first kappa shape index (κ1) is 19.9. The van der Waals surface area contributed by atoms with Crippen LogP contribution in [-0.4, -0.2) is 45.5 Å². The monoisotopic (exact) mass is 219 g/mol. The van der Waals surface area contributed by atoms with E-state index in [1.165, 1.54) is 34.0 Å². The summed E-state index contributed by atoms with van der Waals surface area (Å²) in [6.07, 6.45) is 5.68. The minimum Gasteiger partial charge on any atom is -0.333 e. The Morgan fingerprint density at radius 3 is 2.00 bits per heavy atom. The Kier molecular flexibility index (Phi) is 30.8. The zero-order chi connectivity index (χ0) is 12.5. The summed E-state index contributed by atoms with van der Waals surface area (Å²) >= 11 is 0. The second-order valence-electron chi connectivity index (χ2n) is 2.39. The Balaban J connectivity index is -0.000000208. The molecule has 0 spiro atoms. The topological polar surface area (TPSA) is 93.7 Å². The van der Waals surface area contributed by atoms with Crippen molar-refractivity contribution in [2.45, 2.75) is 26.2 Å². The third-order valence-corrected chi connectivity index (χ3v) is 1.53. The molecule has 15 heavy (non-hydrogen) atoms. The van der Waals surface area contributed by atoms with Crippen LogP contribution >= 0.6 is 0 Å². The van der Waals surface area contributed by atoms with E-state index in [2.05, 4.69) is 34.2 Å². The Labute approximate surface area is 94.7 Å². The van der Waals surface area contributed by atoms with E-state index in [1.54, 1.807) is 0 Å². The molecule has 6 N–H and O–H groups in total. The number of unbranched alkanes of at least 4 members (excludes halogenated alkanes) is 1. The summed E-state index contributed by atoms with van der Waals surface area (Å²) < 4.78 is 0. The van der Waals surface area contributed by atoms with E-state index in [9.17, 15) is 0 Å². The summed E-state index contributed by atoms with van der Waals surface area (Å²) in [5.74, 6) is 0. The zero-order valence-electron chi connectivity index (χ0n) is 10.7. The molecule has 0 saturated carbocycles. The Morgan fingerprint density at radius 1 is 1.13 bits per heavy atom. The van der Waals surface area contributed by atoms with Gasteiger partial charge < -0.3 is 17.2 Å². The minimum atomic E-state index is 1.14. The number of nitrogens with zero attached hydrogens (tertiary/aromatic N) is 2. The maximum Gasteiger partial charge on any atom is 0.0410 e. The summed E-state index contributed by atoms with van der Waals surface area (Å²) in [7, 11) is 4.50. The third-order valence-electron chi connectivity index (χ3n) is 1.53. The first-order valence-corrected chi connectivity index (χ1v) is 5.44. The number of hydrogen-bond acceptors (Lipinski definition) is 5. The van der Waals surface area contributed by atoms with E-state index in [0.717, 1.165) is 19.5 Å². The quantitative estimate of drug-likeness (QED) is 0.632. The van der Waals surface area contributed by atoms with Crippen molar-refractivity contribution in [1.29, 1.82) is 0 Å². The Bertz CT molecular complexity index is 106. The molecule has 0 aromatic rings. The molecule has 5 nitrogen and oxygen atoms in total. The van der Waals surface area contributed by atoms with Gasteiger partial charge in [0, 0.05) is 25.7 Å². The predicted molar refractivity (Wildman–Crippen MR) is 69.9 cm³/mol. The van der Waals surface area contributed by atoms with Crippen molar-refractivity contribution in [2.24, 2.45) is 22.3 Å². The van der Waals surface area contributed by atoms with Crippen LogP contribution in [0.2, 0.25) is 0 Å². The fraction of sp³-hybridized carbons (Fsp3) is 0.900. The van der Waals surface area contributed by atoms with Crippen molar-refractivity contribution in [3.05, 3.63) is 0 Å². The fourth-order valence-corrected chi connectivity index (χ4v) is 0.948. The molecule has 1 rings (SSSR count). The molecule has 5 heteroatoms. The molecular formula is C10H29N5. The number of hydrazone groups is 1. The number of hydrogen-bond donors (Lipinski definition) is 3. The van der Waals surface area contributed by atoms with Crippen molar-refractivity contribution in [1.82, 2.24) is 5.01 Å². The van der Waals surface area contributed by atoms with Gasteiger partial charge in [0.2, 0.25) is 0 Å². The molecule has 0 saturated heterocycles. The van der Waals surface area contributed by atoms with Crippen LogP contribution in [0.4, 0.5) is 0 Å². The van der Waals surface area contributed by atoms with Gasteiger partial charge in [-0.15, -0.1) is 0 Å². The summed E-state index contributed by atoms with van der Waals surface area (Å²) in [5.41, 5.74) is 13.5. The summed E-state index contributed by atoms with van der Waals surface area (Å²) in [5, 5.41) is 6.32. The molecule has 0 amide bonds. The highest BCUT2D eigenvalue weighted by molar-refractivity contribution is 5.58. The molecule has 0 bridgehead atoms. The largest absolute Gasteiger partial charge is 0.333 e. The van der Waals surface area contributed by atoms with Crippen molar-refractivity contribution < 1.29 is 0 Å². The molecule has 1 aliphatic heterocycles. The number of nitrogens with two attached hydrogens (primary N) is 3. The molecule has 1 heterocycles. The van der Waals surface area contributed by atoms with E-state index in [-0.39, 0.29) is 0 Å². The lowest BCUT2D eigenvalue weighted by Crippen LogP contribution is -2.14. The average Bonchev–Trinajstić information content (AvgIpc) is 2.87. The van der Waals surface area contributed by atoms with Gasteiger partial charge >= 0.3 is 0 Å². The van der Waals surface area contributed by atoms with Crippen molar-refractivity contribution in [3.63, 3.8) is 0 Å². The Hall–Kier alpha value is -0.650. The van der Waals surface area contributed by atoms with Crippen molar-refractivity contribution in [3.8, 4) is 0 Å². The smallest absolute Gasteiger partial charge is 0.0410 e. The highest BCUT2D eigenvalue weighted by Gasteiger charge is 2.02. The van der Waals surface area contributed by atoms with Crippen LogP contribution < -0.4 is 17.2 Å². The summed E-state index contributed by atoms with van der Waals surface area (Å²) in [6.45, 7) is 4.49. The van der Waals surface area contributed by atoms with Gasteiger partial charge in [0.05, 0.1) is 0 Å². The lowest BCUT2D eigenvalue weighted by molar-refractivity contribution is 0.312. The van der Waals surface area contributed by atoms with Gasteiger partial charge in [0.15, 0.2) is 0 Å². The van der Waals surface area contributed by atoms with Crippen molar-refractivity contribution in [2.75, 3.05) is 34.2 Å². The van der Waals surface area contributed by atoms with Gasteiger partial charge in [-0.2, -0.15) is 5.10 Å². The summed E-state index contributed by atoms with van der Waals surface area (Å²) in [4.78, 5) is 0. The van der Waals surface area contributed by atoms with Gasteiger partial charge in [-0.3, -0.25) is 5.01 Å². The molecule has 0 atom stereocenters. The summed E-state index contributed by atoms with van der Waals surface area (Å²) in [6, 6.07) is 0.